The van der Waals surface area contributed by atoms with Crippen molar-refractivity contribution in [1.29, 1.82) is 0 Å². The van der Waals surface area contributed by atoms with Crippen LogP contribution in [0.3, 0.4) is 0 Å². The Labute approximate surface area is 130 Å². The summed E-state index contributed by atoms with van der Waals surface area (Å²) in [5.41, 5.74) is 2.40. The zero-order valence-electron chi connectivity index (χ0n) is 12.9. The van der Waals surface area contributed by atoms with Gasteiger partial charge < -0.3 is 10.2 Å². The molecule has 3 rings (SSSR count). The summed E-state index contributed by atoms with van der Waals surface area (Å²) in [6, 6.07) is 0.181. The lowest BCUT2D eigenvalue weighted by molar-refractivity contribution is -0.131. The molecule has 1 aliphatic carbocycles. The molecule has 0 saturated carbocycles. The van der Waals surface area contributed by atoms with Crippen LogP contribution in [-0.2, 0) is 22.4 Å². The highest BCUT2D eigenvalue weighted by molar-refractivity contribution is 5.79. The molecular weight excluding hydrogens is 280 g/mol. The second-order valence-corrected chi connectivity index (χ2v) is 6.32. The maximum atomic E-state index is 12.1. The molecule has 6 heteroatoms. The minimum atomic E-state index is 0.0463. The van der Waals surface area contributed by atoms with Crippen LogP contribution in [0.1, 0.15) is 49.8 Å². The van der Waals surface area contributed by atoms with Gasteiger partial charge in [0.1, 0.15) is 0 Å². The van der Waals surface area contributed by atoms with Crippen LogP contribution in [0.15, 0.2) is 6.20 Å². The first-order valence-electron chi connectivity index (χ1n) is 8.30. The normalized spacial score (nSPS) is 22.1. The Morgan fingerprint density at radius 3 is 3.18 bits per heavy atom. The predicted octanol–water partition coefficient (Wildman–Crippen LogP) is 1.18. The molecule has 2 amide bonds. The molecule has 0 radical (unpaired) electrons. The van der Waals surface area contributed by atoms with Gasteiger partial charge in [-0.1, -0.05) is 6.42 Å². The maximum Gasteiger partial charge on any atom is 0.222 e. The third kappa shape index (κ3) is 3.67. The molecule has 6 nitrogen and oxygen atoms in total. The van der Waals surface area contributed by atoms with Gasteiger partial charge in [0.15, 0.2) is 0 Å². The van der Waals surface area contributed by atoms with Crippen molar-refractivity contribution in [2.24, 2.45) is 0 Å². The third-order valence-corrected chi connectivity index (χ3v) is 4.67. The van der Waals surface area contributed by atoms with E-state index in [1.54, 1.807) is 0 Å². The lowest BCUT2D eigenvalue weighted by Crippen LogP contribution is -2.41. The van der Waals surface area contributed by atoms with Crippen LogP contribution < -0.4 is 5.32 Å². The fraction of sp³-hybridized carbons (Fsp3) is 0.688. The van der Waals surface area contributed by atoms with Gasteiger partial charge in [-0.15, -0.1) is 0 Å². The standard InChI is InChI=1S/C16H24N4O2/c21-15(7-9-20-8-3-1-2-4-16(20)22)18-13-6-5-12-11-17-19-14(12)10-13/h11,13H,1-10H2,(H,17,19)(H,18,21)/t13-/m0/s1. The largest absolute Gasteiger partial charge is 0.353 e. The lowest BCUT2D eigenvalue weighted by atomic mass is 9.94. The van der Waals surface area contributed by atoms with E-state index in [1.807, 2.05) is 11.1 Å². The average molecular weight is 304 g/mol. The van der Waals surface area contributed by atoms with E-state index in [-0.39, 0.29) is 17.9 Å². The molecule has 0 aromatic carbocycles. The van der Waals surface area contributed by atoms with E-state index in [2.05, 4.69) is 15.5 Å². The van der Waals surface area contributed by atoms with Crippen LogP contribution in [0.2, 0.25) is 0 Å². The van der Waals surface area contributed by atoms with Crippen molar-refractivity contribution in [3.8, 4) is 0 Å². The van der Waals surface area contributed by atoms with E-state index in [9.17, 15) is 9.59 Å². The van der Waals surface area contributed by atoms with Gasteiger partial charge in [0.25, 0.3) is 0 Å². The van der Waals surface area contributed by atoms with Crippen LogP contribution in [-0.4, -0.2) is 46.0 Å². The smallest absolute Gasteiger partial charge is 0.222 e. The Bertz CT molecular complexity index is 540. The number of likely N-dealkylation sites (tertiary alicyclic amines) is 1. The number of aryl methyl sites for hydroxylation is 1. The Morgan fingerprint density at radius 2 is 2.27 bits per heavy atom. The second kappa shape index (κ2) is 6.94. The average Bonchev–Trinajstić information content (AvgIpc) is 2.87. The number of hydrogen-bond donors (Lipinski definition) is 2. The van der Waals surface area contributed by atoms with Gasteiger partial charge >= 0.3 is 0 Å². The predicted molar refractivity (Wildman–Crippen MR) is 82.2 cm³/mol. The Hall–Kier alpha value is -1.85. The summed E-state index contributed by atoms with van der Waals surface area (Å²) < 4.78 is 0. The number of rotatable bonds is 4. The molecule has 1 fully saturated rings. The Balaban J connectivity index is 1.44. The van der Waals surface area contributed by atoms with Gasteiger partial charge in [-0.2, -0.15) is 5.10 Å². The van der Waals surface area contributed by atoms with Crippen LogP contribution in [0.4, 0.5) is 0 Å². The fourth-order valence-corrected chi connectivity index (χ4v) is 3.34. The monoisotopic (exact) mass is 304 g/mol. The van der Waals surface area contributed by atoms with E-state index in [4.69, 9.17) is 0 Å². The van der Waals surface area contributed by atoms with Crippen molar-refractivity contribution in [2.75, 3.05) is 13.1 Å². The highest BCUT2D eigenvalue weighted by Crippen LogP contribution is 2.19. The van der Waals surface area contributed by atoms with Crippen molar-refractivity contribution in [3.05, 3.63) is 17.5 Å². The molecule has 0 unspecified atom stereocenters. The van der Waals surface area contributed by atoms with Crippen LogP contribution in [0.5, 0.6) is 0 Å². The minimum absolute atomic E-state index is 0.0463. The highest BCUT2D eigenvalue weighted by Gasteiger charge is 2.22. The number of nitrogens with zero attached hydrogens (tertiary/aromatic N) is 2. The second-order valence-electron chi connectivity index (χ2n) is 6.32. The minimum Gasteiger partial charge on any atom is -0.353 e. The van der Waals surface area contributed by atoms with Crippen molar-refractivity contribution in [2.45, 2.75) is 57.4 Å². The summed E-state index contributed by atoms with van der Waals surface area (Å²) in [7, 11) is 0. The molecule has 1 aliphatic heterocycles. The third-order valence-electron chi connectivity index (χ3n) is 4.67. The first-order chi connectivity index (χ1) is 10.7. The van der Waals surface area contributed by atoms with Gasteiger partial charge in [0.05, 0.1) is 6.20 Å². The number of carbonyl (C=O) groups excluding carboxylic acids is 2. The molecule has 1 aromatic rings. The van der Waals surface area contributed by atoms with Gasteiger partial charge in [-0.05, 0) is 31.2 Å². The van der Waals surface area contributed by atoms with Crippen molar-refractivity contribution in [3.63, 3.8) is 0 Å². The molecular formula is C16H24N4O2. The molecule has 0 spiro atoms. The number of amides is 2. The van der Waals surface area contributed by atoms with Crippen LogP contribution >= 0.6 is 0 Å². The number of hydrogen-bond acceptors (Lipinski definition) is 3. The summed E-state index contributed by atoms with van der Waals surface area (Å²) in [5.74, 6) is 0.245. The van der Waals surface area contributed by atoms with E-state index in [0.717, 1.165) is 50.8 Å². The summed E-state index contributed by atoms with van der Waals surface area (Å²) >= 11 is 0. The number of H-pyrrole nitrogens is 1. The molecule has 2 aliphatic rings. The molecule has 2 N–H and O–H groups in total. The Kier molecular flexibility index (Phi) is 4.75. The fourth-order valence-electron chi connectivity index (χ4n) is 3.34. The van der Waals surface area contributed by atoms with Crippen molar-refractivity contribution < 1.29 is 9.59 Å². The van der Waals surface area contributed by atoms with E-state index in [1.165, 1.54) is 5.56 Å². The number of carbonyl (C=O) groups is 2. The molecule has 2 heterocycles. The van der Waals surface area contributed by atoms with Crippen molar-refractivity contribution in [1.82, 2.24) is 20.4 Å². The van der Waals surface area contributed by atoms with Crippen LogP contribution in [0, 0.1) is 0 Å². The van der Waals surface area contributed by atoms with E-state index in [0.29, 0.717) is 19.4 Å². The molecule has 22 heavy (non-hydrogen) atoms. The summed E-state index contributed by atoms with van der Waals surface area (Å²) in [4.78, 5) is 25.9. The maximum absolute atomic E-state index is 12.1. The van der Waals surface area contributed by atoms with E-state index >= 15 is 0 Å². The van der Waals surface area contributed by atoms with Gasteiger partial charge in [0, 0.05) is 44.1 Å². The summed E-state index contributed by atoms with van der Waals surface area (Å²) in [5, 5.41) is 10.1. The molecule has 1 aromatic heterocycles. The van der Waals surface area contributed by atoms with Gasteiger partial charge in [-0.25, -0.2) is 0 Å². The number of aromatic nitrogens is 2. The summed E-state index contributed by atoms with van der Waals surface area (Å²) in [6.45, 7) is 1.35. The lowest BCUT2D eigenvalue weighted by Gasteiger charge is -2.24. The van der Waals surface area contributed by atoms with Gasteiger partial charge in [-0.3, -0.25) is 14.7 Å². The molecule has 120 valence electrons. The van der Waals surface area contributed by atoms with Crippen molar-refractivity contribution >= 4 is 11.8 Å². The zero-order valence-corrected chi connectivity index (χ0v) is 12.9. The van der Waals surface area contributed by atoms with Gasteiger partial charge in [0.2, 0.25) is 11.8 Å². The number of aromatic amines is 1. The van der Waals surface area contributed by atoms with E-state index < -0.39 is 0 Å². The molecule has 0 bridgehead atoms. The summed E-state index contributed by atoms with van der Waals surface area (Å²) in [6.07, 6.45) is 8.80. The highest BCUT2D eigenvalue weighted by atomic mass is 16.2. The molecule has 1 saturated heterocycles. The number of nitrogens with one attached hydrogen (secondary N) is 2. The zero-order chi connectivity index (χ0) is 15.4. The first kappa shape index (κ1) is 15.1. The first-order valence-corrected chi connectivity index (χ1v) is 8.30. The topological polar surface area (TPSA) is 78.1 Å². The Morgan fingerprint density at radius 1 is 1.36 bits per heavy atom. The number of fused-ring (bicyclic) bond motifs is 1. The quantitative estimate of drug-likeness (QED) is 0.876. The van der Waals surface area contributed by atoms with Crippen LogP contribution in [0.25, 0.3) is 0 Å². The molecule has 1 atom stereocenters. The SMILES string of the molecule is O=C(CCN1CCCCCC1=O)N[C@H]1CCc2cn[nH]c2C1.